The first-order valence-corrected chi connectivity index (χ1v) is 9.98. The molecule has 1 aliphatic rings. The standard InChI is InChI=1S/C23H25N5O/c1-26-12-10-20-19-4-2-3-5-21(19)28(24)23(20)22(26)17-6-8-18(9-7-17)29-15-14-27-13-11-25-16-27/h2-9,11,13,16,22H,10,12,14-15,24H2,1H3. The van der Waals surface area contributed by atoms with Crippen molar-refractivity contribution in [1.82, 2.24) is 19.1 Å². The molecule has 0 bridgehead atoms. The molecule has 0 radical (unpaired) electrons. The summed E-state index contributed by atoms with van der Waals surface area (Å²) in [5.41, 5.74) is 4.88. The van der Waals surface area contributed by atoms with Crippen LogP contribution in [0.15, 0.2) is 67.3 Å². The molecule has 2 aromatic heterocycles. The van der Waals surface area contributed by atoms with Gasteiger partial charge in [-0.3, -0.25) is 9.58 Å². The summed E-state index contributed by atoms with van der Waals surface area (Å²) in [7, 11) is 2.17. The number of imidazole rings is 1. The van der Waals surface area contributed by atoms with Crippen LogP contribution in [0.3, 0.4) is 0 Å². The molecule has 148 valence electrons. The quantitative estimate of drug-likeness (QED) is 0.534. The van der Waals surface area contributed by atoms with Gasteiger partial charge in [0.2, 0.25) is 0 Å². The van der Waals surface area contributed by atoms with Crippen molar-refractivity contribution in [2.45, 2.75) is 19.0 Å². The fourth-order valence-corrected chi connectivity index (χ4v) is 4.38. The molecule has 2 N–H and O–H groups in total. The summed E-state index contributed by atoms with van der Waals surface area (Å²) < 4.78 is 9.78. The van der Waals surface area contributed by atoms with Crippen LogP contribution in [0.4, 0.5) is 0 Å². The van der Waals surface area contributed by atoms with Gasteiger partial charge in [0.1, 0.15) is 12.4 Å². The molecule has 0 saturated carbocycles. The maximum atomic E-state index is 6.55. The number of nitrogens with zero attached hydrogens (tertiary/aromatic N) is 4. The molecule has 6 heteroatoms. The lowest BCUT2D eigenvalue weighted by molar-refractivity contribution is 0.257. The van der Waals surface area contributed by atoms with Crippen molar-refractivity contribution in [3.63, 3.8) is 0 Å². The summed E-state index contributed by atoms with van der Waals surface area (Å²) in [5.74, 6) is 7.43. The highest BCUT2D eigenvalue weighted by Crippen LogP contribution is 2.39. The van der Waals surface area contributed by atoms with E-state index in [9.17, 15) is 0 Å². The van der Waals surface area contributed by atoms with Crippen LogP contribution >= 0.6 is 0 Å². The highest BCUT2D eigenvalue weighted by molar-refractivity contribution is 5.86. The summed E-state index contributed by atoms with van der Waals surface area (Å²) in [4.78, 5) is 6.42. The van der Waals surface area contributed by atoms with Crippen molar-refractivity contribution in [3.8, 4) is 5.75 Å². The van der Waals surface area contributed by atoms with Crippen molar-refractivity contribution in [1.29, 1.82) is 0 Å². The average Bonchev–Trinajstić information content (AvgIpc) is 3.36. The monoisotopic (exact) mass is 387 g/mol. The minimum atomic E-state index is 0.135. The van der Waals surface area contributed by atoms with Crippen LogP contribution in [0.5, 0.6) is 5.75 Å². The third-order valence-electron chi connectivity index (χ3n) is 5.84. The number of ether oxygens (including phenoxy) is 1. The Balaban J connectivity index is 1.41. The Morgan fingerprint density at radius 1 is 1.14 bits per heavy atom. The van der Waals surface area contributed by atoms with Crippen molar-refractivity contribution in [2.24, 2.45) is 0 Å². The molecular formula is C23H25N5O. The third-order valence-corrected chi connectivity index (χ3v) is 5.84. The second-order valence-electron chi connectivity index (χ2n) is 7.60. The first-order chi connectivity index (χ1) is 14.2. The Bertz CT molecular complexity index is 1110. The van der Waals surface area contributed by atoms with Gasteiger partial charge in [-0.25, -0.2) is 4.98 Å². The van der Waals surface area contributed by atoms with E-state index in [0.717, 1.165) is 30.8 Å². The number of rotatable bonds is 5. The van der Waals surface area contributed by atoms with Crippen LogP contribution in [0, 0.1) is 0 Å². The van der Waals surface area contributed by atoms with Crippen LogP contribution in [0.25, 0.3) is 10.9 Å². The molecule has 6 nitrogen and oxygen atoms in total. The Morgan fingerprint density at radius 2 is 1.97 bits per heavy atom. The lowest BCUT2D eigenvalue weighted by atomic mass is 9.93. The molecule has 5 rings (SSSR count). The molecule has 1 unspecified atom stereocenters. The lowest BCUT2D eigenvalue weighted by Crippen LogP contribution is -2.35. The van der Waals surface area contributed by atoms with E-state index < -0.39 is 0 Å². The van der Waals surface area contributed by atoms with Crippen LogP contribution in [-0.4, -0.2) is 39.3 Å². The van der Waals surface area contributed by atoms with Gasteiger partial charge in [0.25, 0.3) is 0 Å². The van der Waals surface area contributed by atoms with E-state index in [-0.39, 0.29) is 6.04 Å². The molecule has 0 aliphatic carbocycles. The summed E-state index contributed by atoms with van der Waals surface area (Å²) in [6.07, 6.45) is 6.53. The molecule has 0 saturated heterocycles. The molecule has 3 heterocycles. The van der Waals surface area contributed by atoms with E-state index in [0.29, 0.717) is 6.61 Å². The minimum absolute atomic E-state index is 0.135. The average molecular weight is 387 g/mol. The highest BCUT2D eigenvalue weighted by atomic mass is 16.5. The van der Waals surface area contributed by atoms with Gasteiger partial charge in [-0.2, -0.15) is 0 Å². The number of hydrogen-bond donors (Lipinski definition) is 1. The topological polar surface area (TPSA) is 61.2 Å². The van der Waals surface area contributed by atoms with Gasteiger partial charge in [0, 0.05) is 24.3 Å². The fraction of sp³-hybridized carbons (Fsp3) is 0.261. The summed E-state index contributed by atoms with van der Waals surface area (Å²) >= 11 is 0. The fourth-order valence-electron chi connectivity index (χ4n) is 4.38. The van der Waals surface area contributed by atoms with Gasteiger partial charge >= 0.3 is 0 Å². The van der Waals surface area contributed by atoms with Gasteiger partial charge in [0.15, 0.2) is 0 Å². The van der Waals surface area contributed by atoms with Gasteiger partial charge in [0.05, 0.1) is 30.1 Å². The molecule has 4 aromatic rings. The number of fused-ring (bicyclic) bond motifs is 3. The van der Waals surface area contributed by atoms with E-state index in [1.807, 2.05) is 21.5 Å². The maximum absolute atomic E-state index is 6.55. The molecule has 29 heavy (non-hydrogen) atoms. The van der Waals surface area contributed by atoms with Crippen LogP contribution < -0.4 is 10.6 Å². The number of nitrogens with two attached hydrogens (primary N) is 1. The number of para-hydroxylation sites is 1. The third kappa shape index (κ3) is 3.15. The molecule has 0 fully saturated rings. The van der Waals surface area contributed by atoms with Crippen LogP contribution in [0.2, 0.25) is 0 Å². The predicted octanol–water partition coefficient (Wildman–Crippen LogP) is 3.21. The zero-order chi connectivity index (χ0) is 19.8. The first-order valence-electron chi connectivity index (χ1n) is 9.98. The van der Waals surface area contributed by atoms with E-state index in [4.69, 9.17) is 10.6 Å². The Labute approximate surface area is 170 Å². The molecule has 2 aromatic carbocycles. The van der Waals surface area contributed by atoms with Crippen molar-refractivity contribution >= 4 is 10.9 Å². The maximum Gasteiger partial charge on any atom is 0.119 e. The van der Waals surface area contributed by atoms with E-state index >= 15 is 0 Å². The second kappa shape index (κ2) is 7.29. The van der Waals surface area contributed by atoms with Crippen molar-refractivity contribution < 1.29 is 4.74 Å². The molecule has 0 amide bonds. The highest BCUT2D eigenvalue weighted by Gasteiger charge is 2.31. The largest absolute Gasteiger partial charge is 0.492 e. The molecular weight excluding hydrogens is 362 g/mol. The van der Waals surface area contributed by atoms with Gasteiger partial charge in [-0.15, -0.1) is 0 Å². The predicted molar refractivity (Wildman–Crippen MR) is 114 cm³/mol. The Morgan fingerprint density at radius 3 is 2.76 bits per heavy atom. The lowest BCUT2D eigenvalue weighted by Gasteiger charge is -2.34. The SMILES string of the molecule is CN1CCc2c(n(N)c3ccccc23)C1c1ccc(OCCn2ccnc2)cc1. The number of aromatic nitrogens is 3. The zero-order valence-electron chi connectivity index (χ0n) is 16.5. The zero-order valence-corrected chi connectivity index (χ0v) is 16.5. The van der Waals surface area contributed by atoms with Gasteiger partial charge in [-0.1, -0.05) is 30.3 Å². The van der Waals surface area contributed by atoms with Crippen molar-refractivity contribution in [2.75, 3.05) is 26.0 Å². The van der Waals surface area contributed by atoms with Gasteiger partial charge in [-0.05, 0) is 42.8 Å². The number of likely N-dealkylation sites (N-methyl/N-ethyl adjacent to an activating group) is 1. The summed E-state index contributed by atoms with van der Waals surface area (Å²) in [6, 6.07) is 17.0. The number of hydrogen-bond acceptors (Lipinski definition) is 4. The molecule has 0 spiro atoms. The van der Waals surface area contributed by atoms with E-state index in [1.165, 1.54) is 22.2 Å². The smallest absolute Gasteiger partial charge is 0.119 e. The van der Waals surface area contributed by atoms with Crippen LogP contribution in [-0.2, 0) is 13.0 Å². The van der Waals surface area contributed by atoms with Crippen molar-refractivity contribution in [3.05, 3.63) is 84.1 Å². The first kappa shape index (κ1) is 17.8. The number of benzene rings is 2. The van der Waals surface area contributed by atoms with Gasteiger partial charge < -0.3 is 15.1 Å². The van der Waals surface area contributed by atoms with E-state index in [1.54, 1.807) is 12.5 Å². The Kier molecular flexibility index (Phi) is 4.48. The van der Waals surface area contributed by atoms with E-state index in [2.05, 4.69) is 59.4 Å². The second-order valence-corrected chi connectivity index (χ2v) is 7.60. The Hall–Kier alpha value is -3.25. The molecule has 1 atom stereocenters. The van der Waals surface area contributed by atoms with Crippen LogP contribution in [0.1, 0.15) is 22.9 Å². The minimum Gasteiger partial charge on any atom is -0.492 e. The normalized spacial score (nSPS) is 16.8. The summed E-state index contributed by atoms with van der Waals surface area (Å²) in [5, 5.41) is 1.27. The number of nitrogen functional groups attached to an aromatic ring is 1. The summed E-state index contributed by atoms with van der Waals surface area (Å²) in [6.45, 7) is 2.40. The molecule has 1 aliphatic heterocycles.